The number of rotatable bonds is 27. The van der Waals surface area contributed by atoms with Crippen molar-refractivity contribution in [3.8, 4) is 0 Å². The lowest BCUT2D eigenvalue weighted by molar-refractivity contribution is -0.0235. The largest absolute Gasteiger partial charge is 0.444 e. The fraction of sp³-hybridized carbons (Fsp3) is 0.960. The minimum absolute atomic E-state index is 0.360. The molecule has 12 nitrogen and oxygen atoms in total. The second-order valence-electron chi connectivity index (χ2n) is 8.90. The zero-order chi connectivity index (χ0) is 27.5. The molecule has 0 heterocycles. The van der Waals surface area contributed by atoms with Gasteiger partial charge in [-0.25, -0.2) is 4.79 Å². The number of nitrogens with zero attached hydrogens (tertiary/aromatic N) is 1. The summed E-state index contributed by atoms with van der Waals surface area (Å²) < 4.78 is 48.7. The lowest BCUT2D eigenvalue weighted by atomic mass is 10.2. The van der Waals surface area contributed by atoms with Gasteiger partial charge in [0.05, 0.1) is 106 Å². The van der Waals surface area contributed by atoms with Crippen LogP contribution in [0.3, 0.4) is 0 Å². The Morgan fingerprint density at radius 3 is 1.16 bits per heavy atom. The van der Waals surface area contributed by atoms with E-state index in [9.17, 15) is 4.79 Å². The van der Waals surface area contributed by atoms with Crippen LogP contribution in [0.4, 0.5) is 4.79 Å². The smallest absolute Gasteiger partial charge is 0.410 e. The maximum Gasteiger partial charge on any atom is 0.410 e. The minimum Gasteiger partial charge on any atom is -0.444 e. The molecule has 0 fully saturated rings. The first-order valence-electron chi connectivity index (χ1n) is 13.1. The molecule has 0 saturated carbocycles. The molecule has 1 N–H and O–H groups in total. The number of carbonyl (C=O) groups excluding carboxylic acids is 1. The Hall–Kier alpha value is -1.09. The molecule has 222 valence electrons. The summed E-state index contributed by atoms with van der Waals surface area (Å²) in [7, 11) is 3.58. The average Bonchev–Trinajstić information content (AvgIpc) is 2.85. The number of hydrogen-bond acceptors (Lipinski definition) is 11. The Kier molecular flexibility index (Phi) is 25.7. The fourth-order valence-electron chi connectivity index (χ4n) is 2.45. The first kappa shape index (κ1) is 35.9. The molecule has 0 unspecified atom stereocenters. The standard InChI is InChI=1S/C25H52N2O10/c1-25(2,3)37-24(28)27(5)7-9-30-11-13-32-15-17-34-19-21-36-23-22-35-20-18-33-16-14-31-12-10-29-8-6-26-4/h26H,6-23H2,1-5H3. The lowest BCUT2D eigenvalue weighted by Gasteiger charge is -2.24. The van der Waals surface area contributed by atoms with Crippen LogP contribution in [0.25, 0.3) is 0 Å². The normalized spacial score (nSPS) is 11.7. The number of nitrogens with one attached hydrogen (secondary N) is 1. The van der Waals surface area contributed by atoms with Crippen LogP contribution in [0.15, 0.2) is 0 Å². The molecule has 0 aliphatic carbocycles. The number of likely N-dealkylation sites (N-methyl/N-ethyl adjacent to an activating group) is 2. The third-order valence-electron chi connectivity index (χ3n) is 4.38. The van der Waals surface area contributed by atoms with E-state index >= 15 is 0 Å². The third-order valence-corrected chi connectivity index (χ3v) is 4.38. The van der Waals surface area contributed by atoms with Crippen molar-refractivity contribution in [2.75, 3.05) is 133 Å². The van der Waals surface area contributed by atoms with Crippen LogP contribution in [0.1, 0.15) is 20.8 Å². The summed E-state index contributed by atoms with van der Waals surface area (Å²) in [5.41, 5.74) is -0.503. The zero-order valence-corrected chi connectivity index (χ0v) is 23.8. The molecule has 0 aliphatic rings. The minimum atomic E-state index is -0.503. The molecular weight excluding hydrogens is 488 g/mol. The molecule has 0 aliphatic heterocycles. The number of ether oxygens (including phenoxy) is 9. The Labute approximate surface area is 223 Å². The highest BCUT2D eigenvalue weighted by atomic mass is 16.6. The molecule has 0 atom stereocenters. The summed E-state index contributed by atoms with van der Waals surface area (Å²) in [6.45, 7) is 15.2. The summed E-state index contributed by atoms with van der Waals surface area (Å²) in [5.74, 6) is 0. The van der Waals surface area contributed by atoms with Gasteiger partial charge in [0.25, 0.3) is 0 Å². The quantitative estimate of drug-likeness (QED) is 0.152. The fourth-order valence-corrected chi connectivity index (χ4v) is 2.45. The van der Waals surface area contributed by atoms with Crippen LogP contribution in [-0.4, -0.2) is 149 Å². The molecule has 0 aromatic rings. The molecule has 0 rings (SSSR count). The summed E-state index contributed by atoms with van der Waals surface area (Å²) in [6.07, 6.45) is -0.360. The van der Waals surface area contributed by atoms with E-state index in [1.807, 2.05) is 27.8 Å². The molecule has 12 heteroatoms. The first-order valence-corrected chi connectivity index (χ1v) is 13.1. The van der Waals surface area contributed by atoms with Gasteiger partial charge >= 0.3 is 6.09 Å². The molecule has 0 aromatic heterocycles. The van der Waals surface area contributed by atoms with Crippen LogP contribution in [-0.2, 0) is 42.6 Å². The highest BCUT2D eigenvalue weighted by Gasteiger charge is 2.19. The van der Waals surface area contributed by atoms with Gasteiger partial charge < -0.3 is 52.8 Å². The van der Waals surface area contributed by atoms with Crippen molar-refractivity contribution in [2.24, 2.45) is 0 Å². The van der Waals surface area contributed by atoms with Gasteiger partial charge in [0.1, 0.15) is 5.60 Å². The van der Waals surface area contributed by atoms with Crippen molar-refractivity contribution in [1.82, 2.24) is 10.2 Å². The van der Waals surface area contributed by atoms with Gasteiger partial charge in [-0.05, 0) is 27.8 Å². The van der Waals surface area contributed by atoms with Gasteiger partial charge in [0.2, 0.25) is 0 Å². The van der Waals surface area contributed by atoms with Crippen LogP contribution < -0.4 is 5.32 Å². The Morgan fingerprint density at radius 2 is 0.865 bits per heavy atom. The second-order valence-corrected chi connectivity index (χ2v) is 8.90. The maximum absolute atomic E-state index is 11.8. The topological polar surface area (TPSA) is 115 Å². The first-order chi connectivity index (χ1) is 17.9. The third kappa shape index (κ3) is 29.3. The second kappa shape index (κ2) is 26.5. The van der Waals surface area contributed by atoms with E-state index in [2.05, 4.69) is 5.32 Å². The highest BCUT2D eigenvalue weighted by molar-refractivity contribution is 5.67. The van der Waals surface area contributed by atoms with Crippen molar-refractivity contribution in [3.63, 3.8) is 0 Å². The van der Waals surface area contributed by atoms with E-state index in [-0.39, 0.29) is 6.09 Å². The van der Waals surface area contributed by atoms with Gasteiger partial charge in [-0.2, -0.15) is 0 Å². The van der Waals surface area contributed by atoms with Crippen LogP contribution in [0, 0.1) is 0 Å². The van der Waals surface area contributed by atoms with Gasteiger partial charge in [-0.1, -0.05) is 0 Å². The SMILES string of the molecule is CNCCOCCOCCOCCOCCOCCOCCOCCOCCN(C)C(=O)OC(C)(C)C. The van der Waals surface area contributed by atoms with Crippen molar-refractivity contribution < 1.29 is 47.4 Å². The van der Waals surface area contributed by atoms with E-state index < -0.39 is 5.60 Å². The van der Waals surface area contributed by atoms with Crippen LogP contribution in [0.5, 0.6) is 0 Å². The zero-order valence-electron chi connectivity index (χ0n) is 23.8. The Bertz CT molecular complexity index is 495. The van der Waals surface area contributed by atoms with Gasteiger partial charge in [0, 0.05) is 20.1 Å². The molecule has 0 aromatic carbocycles. The summed E-state index contributed by atoms with van der Waals surface area (Å²) in [6, 6.07) is 0. The maximum atomic E-state index is 11.8. The molecule has 37 heavy (non-hydrogen) atoms. The highest BCUT2D eigenvalue weighted by Crippen LogP contribution is 2.08. The number of hydrogen-bond donors (Lipinski definition) is 1. The average molecular weight is 541 g/mol. The predicted octanol–water partition coefficient (Wildman–Crippen LogP) is 1.21. The van der Waals surface area contributed by atoms with Crippen molar-refractivity contribution in [1.29, 1.82) is 0 Å². The Morgan fingerprint density at radius 1 is 0.568 bits per heavy atom. The number of amides is 1. The van der Waals surface area contributed by atoms with E-state index in [1.165, 1.54) is 4.90 Å². The molecule has 1 amide bonds. The molecule has 0 radical (unpaired) electrons. The van der Waals surface area contributed by atoms with Gasteiger partial charge in [0.15, 0.2) is 0 Å². The lowest BCUT2D eigenvalue weighted by Crippen LogP contribution is -2.36. The summed E-state index contributed by atoms with van der Waals surface area (Å²) >= 11 is 0. The number of carbonyl (C=O) groups is 1. The van der Waals surface area contributed by atoms with Gasteiger partial charge in [-0.15, -0.1) is 0 Å². The van der Waals surface area contributed by atoms with Crippen molar-refractivity contribution in [2.45, 2.75) is 26.4 Å². The molecule has 0 bridgehead atoms. The van der Waals surface area contributed by atoms with Crippen molar-refractivity contribution in [3.05, 3.63) is 0 Å². The van der Waals surface area contributed by atoms with E-state index in [4.69, 9.17) is 42.6 Å². The molecule has 0 saturated heterocycles. The summed E-state index contributed by atoms with van der Waals surface area (Å²) in [5, 5.41) is 3.01. The monoisotopic (exact) mass is 540 g/mol. The van der Waals surface area contributed by atoms with E-state index in [0.717, 1.165) is 6.54 Å². The van der Waals surface area contributed by atoms with E-state index in [0.29, 0.717) is 112 Å². The van der Waals surface area contributed by atoms with Crippen molar-refractivity contribution >= 4 is 6.09 Å². The van der Waals surface area contributed by atoms with Gasteiger partial charge in [-0.3, -0.25) is 0 Å². The van der Waals surface area contributed by atoms with Crippen LogP contribution >= 0.6 is 0 Å². The summed E-state index contributed by atoms with van der Waals surface area (Å²) in [4.78, 5) is 13.3. The molecule has 0 spiro atoms. The Balaban J connectivity index is 3.17. The van der Waals surface area contributed by atoms with Crippen LogP contribution in [0.2, 0.25) is 0 Å². The molecular formula is C25H52N2O10. The van der Waals surface area contributed by atoms with E-state index in [1.54, 1.807) is 7.05 Å². The predicted molar refractivity (Wildman–Crippen MR) is 139 cm³/mol.